The van der Waals surface area contributed by atoms with E-state index in [1.54, 1.807) is 6.08 Å². The van der Waals surface area contributed by atoms with Crippen molar-refractivity contribution in [3.05, 3.63) is 72.6 Å². The van der Waals surface area contributed by atoms with Gasteiger partial charge in [-0.15, -0.1) is 16.8 Å². The molecule has 2 heterocycles. The number of aromatic nitrogens is 4. The summed E-state index contributed by atoms with van der Waals surface area (Å²) in [6, 6.07) is 15.6. The number of allylic oxidation sites excluding steroid dienone is 1. The summed E-state index contributed by atoms with van der Waals surface area (Å²) in [6.45, 7) is 8.29. The van der Waals surface area contributed by atoms with Gasteiger partial charge >= 0.3 is 0 Å². The van der Waals surface area contributed by atoms with Crippen molar-refractivity contribution in [2.24, 2.45) is 0 Å². The van der Waals surface area contributed by atoms with Crippen LogP contribution in [-0.2, 0) is 11.3 Å². The summed E-state index contributed by atoms with van der Waals surface area (Å²) in [5.74, 6) is 1.53. The average molecular weight is 466 g/mol. The highest BCUT2D eigenvalue weighted by atomic mass is 32.2. The number of para-hydroxylation sites is 2. The molecule has 0 saturated heterocycles. The standard InChI is InChI=1S/C23H23N5O2S2/c1-4-13-28-21(16(3)30-18-11-7-5-9-15(18)2)26-27-23(28)31-14-20(29)25-22-24-17-10-6-8-12-19(17)32-22/h4-12,16H,1,13-14H2,2-3H3,(H,24,25,29). The maximum Gasteiger partial charge on any atom is 0.236 e. The number of thioether (sulfide) groups is 1. The highest BCUT2D eigenvalue weighted by Gasteiger charge is 2.20. The second-order valence-corrected chi connectivity index (χ2v) is 9.06. The summed E-state index contributed by atoms with van der Waals surface area (Å²) in [7, 11) is 0. The Morgan fingerprint density at radius 3 is 2.81 bits per heavy atom. The number of hydrogen-bond acceptors (Lipinski definition) is 7. The predicted molar refractivity (Wildman–Crippen MR) is 129 cm³/mol. The highest BCUT2D eigenvalue weighted by molar-refractivity contribution is 7.99. The van der Waals surface area contributed by atoms with Gasteiger partial charge in [0.1, 0.15) is 5.75 Å². The summed E-state index contributed by atoms with van der Waals surface area (Å²) in [5.41, 5.74) is 1.92. The Balaban J connectivity index is 1.43. The van der Waals surface area contributed by atoms with Crippen molar-refractivity contribution in [2.75, 3.05) is 11.1 Å². The number of carbonyl (C=O) groups is 1. The third-order valence-electron chi connectivity index (χ3n) is 4.69. The van der Waals surface area contributed by atoms with Crippen LogP contribution >= 0.6 is 23.1 Å². The Hall–Kier alpha value is -3.17. The van der Waals surface area contributed by atoms with Crippen molar-refractivity contribution < 1.29 is 9.53 Å². The second kappa shape index (κ2) is 9.97. The SMILES string of the molecule is C=CCn1c(SCC(=O)Nc2nc3ccccc3s2)nnc1C(C)Oc1ccccc1C. The molecule has 1 amide bonds. The molecule has 164 valence electrons. The normalized spacial score (nSPS) is 11.9. The van der Waals surface area contributed by atoms with Crippen LogP contribution in [0.2, 0.25) is 0 Å². The smallest absolute Gasteiger partial charge is 0.236 e. The van der Waals surface area contributed by atoms with Crippen LogP contribution in [0.4, 0.5) is 5.13 Å². The second-order valence-electron chi connectivity index (χ2n) is 7.09. The number of nitrogens with one attached hydrogen (secondary N) is 1. The molecule has 0 bridgehead atoms. The minimum atomic E-state index is -0.311. The first-order valence-electron chi connectivity index (χ1n) is 10.1. The molecule has 9 heteroatoms. The van der Waals surface area contributed by atoms with E-state index in [-0.39, 0.29) is 17.8 Å². The summed E-state index contributed by atoms with van der Waals surface area (Å²) in [6.07, 6.45) is 1.47. The van der Waals surface area contributed by atoms with Gasteiger partial charge in [0.15, 0.2) is 22.2 Å². The Morgan fingerprint density at radius 1 is 1.25 bits per heavy atom. The summed E-state index contributed by atoms with van der Waals surface area (Å²) in [4.78, 5) is 16.9. The van der Waals surface area contributed by atoms with E-state index in [2.05, 4.69) is 27.1 Å². The molecule has 0 saturated carbocycles. The van der Waals surface area contributed by atoms with Crippen LogP contribution in [-0.4, -0.2) is 31.4 Å². The number of rotatable bonds is 9. The molecule has 0 spiro atoms. The average Bonchev–Trinajstić information content (AvgIpc) is 3.37. The first kappa shape index (κ1) is 22.0. The number of ether oxygens (including phenoxy) is 1. The van der Waals surface area contributed by atoms with Crippen molar-refractivity contribution in [1.29, 1.82) is 0 Å². The number of benzene rings is 2. The number of carbonyl (C=O) groups excluding carboxylic acids is 1. The minimum absolute atomic E-state index is 0.145. The first-order valence-corrected chi connectivity index (χ1v) is 11.9. The number of aryl methyl sites for hydroxylation is 1. The van der Waals surface area contributed by atoms with Crippen LogP contribution in [0, 0.1) is 6.92 Å². The fraction of sp³-hybridized carbons (Fsp3) is 0.217. The molecule has 1 atom stereocenters. The van der Waals surface area contributed by atoms with Gasteiger partial charge in [0.2, 0.25) is 5.91 Å². The fourth-order valence-corrected chi connectivity index (χ4v) is 4.79. The molecule has 0 aliphatic heterocycles. The maximum absolute atomic E-state index is 12.5. The number of fused-ring (bicyclic) bond motifs is 1. The molecule has 0 fully saturated rings. The topological polar surface area (TPSA) is 81.9 Å². The zero-order chi connectivity index (χ0) is 22.5. The van der Waals surface area contributed by atoms with Crippen LogP contribution in [0.3, 0.4) is 0 Å². The van der Waals surface area contributed by atoms with Gasteiger partial charge in [-0.2, -0.15) is 0 Å². The minimum Gasteiger partial charge on any atom is -0.482 e. The number of thiazole rings is 1. The Morgan fingerprint density at radius 2 is 2.03 bits per heavy atom. The molecule has 7 nitrogen and oxygen atoms in total. The lowest BCUT2D eigenvalue weighted by atomic mass is 10.2. The monoisotopic (exact) mass is 465 g/mol. The molecule has 2 aromatic carbocycles. The zero-order valence-electron chi connectivity index (χ0n) is 17.8. The molecule has 2 aromatic heterocycles. The first-order chi connectivity index (χ1) is 15.5. The van der Waals surface area contributed by atoms with Crippen molar-refractivity contribution >= 4 is 44.4 Å². The fourth-order valence-electron chi connectivity index (χ4n) is 3.15. The van der Waals surface area contributed by atoms with E-state index in [4.69, 9.17) is 4.74 Å². The Kier molecular flexibility index (Phi) is 6.87. The molecule has 1 unspecified atom stereocenters. The van der Waals surface area contributed by atoms with Gasteiger partial charge in [0, 0.05) is 6.54 Å². The molecule has 0 aliphatic rings. The van der Waals surface area contributed by atoms with E-state index in [1.165, 1.54) is 23.1 Å². The van der Waals surface area contributed by atoms with E-state index in [9.17, 15) is 4.79 Å². The predicted octanol–water partition coefficient (Wildman–Crippen LogP) is 5.25. The van der Waals surface area contributed by atoms with Crippen LogP contribution in [0.1, 0.15) is 24.4 Å². The summed E-state index contributed by atoms with van der Waals surface area (Å²) < 4.78 is 9.07. The number of amides is 1. The molecule has 0 radical (unpaired) electrons. The quantitative estimate of drug-likeness (QED) is 0.268. The summed E-state index contributed by atoms with van der Waals surface area (Å²) in [5, 5.41) is 12.7. The van der Waals surface area contributed by atoms with Gasteiger partial charge in [-0.1, -0.05) is 59.5 Å². The number of nitrogens with zero attached hydrogens (tertiary/aromatic N) is 4. The lowest BCUT2D eigenvalue weighted by Gasteiger charge is -2.17. The third-order valence-corrected chi connectivity index (χ3v) is 6.61. The largest absolute Gasteiger partial charge is 0.482 e. The van der Waals surface area contributed by atoms with Gasteiger partial charge in [-0.3, -0.25) is 9.36 Å². The highest BCUT2D eigenvalue weighted by Crippen LogP contribution is 2.28. The van der Waals surface area contributed by atoms with Crippen LogP contribution in [0.25, 0.3) is 10.2 Å². The number of anilines is 1. The molecule has 4 aromatic rings. The van der Waals surface area contributed by atoms with Gasteiger partial charge in [0.05, 0.1) is 16.0 Å². The molecular weight excluding hydrogens is 442 g/mol. The Labute approximate surface area is 194 Å². The van der Waals surface area contributed by atoms with E-state index in [0.29, 0.717) is 22.7 Å². The van der Waals surface area contributed by atoms with Crippen LogP contribution in [0.5, 0.6) is 5.75 Å². The van der Waals surface area contributed by atoms with E-state index in [1.807, 2.05) is 66.9 Å². The molecular formula is C23H23N5O2S2. The van der Waals surface area contributed by atoms with Crippen molar-refractivity contribution in [3.8, 4) is 5.75 Å². The lowest BCUT2D eigenvalue weighted by molar-refractivity contribution is -0.113. The zero-order valence-corrected chi connectivity index (χ0v) is 19.4. The van der Waals surface area contributed by atoms with Gasteiger partial charge in [-0.05, 0) is 37.6 Å². The summed E-state index contributed by atoms with van der Waals surface area (Å²) >= 11 is 2.77. The van der Waals surface area contributed by atoms with E-state index < -0.39 is 0 Å². The van der Waals surface area contributed by atoms with Gasteiger partial charge in [-0.25, -0.2) is 4.98 Å². The maximum atomic E-state index is 12.5. The third kappa shape index (κ3) is 5.00. The van der Waals surface area contributed by atoms with Crippen molar-refractivity contribution in [2.45, 2.75) is 31.7 Å². The number of hydrogen-bond donors (Lipinski definition) is 1. The van der Waals surface area contributed by atoms with Gasteiger partial charge < -0.3 is 10.1 Å². The lowest BCUT2D eigenvalue weighted by Crippen LogP contribution is -2.15. The molecule has 32 heavy (non-hydrogen) atoms. The van der Waals surface area contributed by atoms with E-state index >= 15 is 0 Å². The molecule has 4 rings (SSSR count). The van der Waals surface area contributed by atoms with Crippen molar-refractivity contribution in [3.63, 3.8) is 0 Å². The Bertz CT molecular complexity index is 1220. The van der Waals surface area contributed by atoms with Crippen LogP contribution in [0.15, 0.2) is 66.3 Å². The molecule has 0 aliphatic carbocycles. The van der Waals surface area contributed by atoms with Crippen LogP contribution < -0.4 is 10.1 Å². The van der Waals surface area contributed by atoms with Crippen molar-refractivity contribution in [1.82, 2.24) is 19.7 Å². The van der Waals surface area contributed by atoms with E-state index in [0.717, 1.165) is 21.5 Å². The van der Waals surface area contributed by atoms with Gasteiger partial charge in [0.25, 0.3) is 0 Å². The molecule has 1 N–H and O–H groups in total.